The number of pyridine rings is 2. The molecule has 19 aromatic carbocycles. The molecule has 1 aliphatic carbocycles. The van der Waals surface area contributed by atoms with Gasteiger partial charge in [0.25, 0.3) is 0 Å². The Bertz CT molecular complexity index is 9310. The lowest BCUT2D eigenvalue weighted by Crippen LogP contribution is -2.18. The lowest BCUT2D eigenvalue weighted by Gasteiger charge is -2.29. The lowest BCUT2D eigenvalue weighted by atomic mass is 9.76. The number of allylic oxidation sites excluding steroid dienone is 1. The first-order valence-corrected chi connectivity index (χ1v) is 50.1. The summed E-state index contributed by atoms with van der Waals surface area (Å²) in [5.41, 5.74) is 40.0. The van der Waals surface area contributed by atoms with E-state index in [9.17, 15) is 0 Å². The van der Waals surface area contributed by atoms with Crippen molar-refractivity contribution in [2.45, 2.75) is 29.1 Å². The number of anilines is 5. The highest BCUT2D eigenvalue weighted by Gasteiger charge is 2.45. The van der Waals surface area contributed by atoms with Crippen LogP contribution in [0.1, 0.15) is 41.7 Å². The fraction of sp³-hybridized carbons (Fsp3) is 0.0224. The van der Waals surface area contributed by atoms with E-state index in [4.69, 9.17) is 24.9 Å². The standard InChI is InChI=1S/C48H35N3.C47H31N3.C39H24N4S/c1-48(2)40-24-14-12-22-37(40)47-45(48)39-27-26-34-28-29-50(46(34)44(39)38-23-13-15-25-43(38)51(47)35-20-10-5-11-21-35)36-30-41(32-16-6-3-7-17-32)49-42(31-36)33-18-8-4-9-19-33;1-4-15-32(16-5-1)34-29-35(33-17-6-2-7-18-33)31-37(30-34)49-28-26-41-44-40-23-11-10-21-38(40)39-22-12-13-25-43(39)50(36-19-8-3-9-20-36)46(44)42-24-14-27-48-45(42)47(41)49;1-3-12-27(13-4-1)37-40-38(28-14-5-2-6-15-28)42-39(41-37)43-32-18-10-9-17-30(32)35-31-22-21-26-20-19-25-11-7-8-16-29(25)36(26)44-34(31)24-23-33(35)43/h3-31H,1-2H3;1-31H;1-24H. The molecule has 11 heteroatoms. The van der Waals surface area contributed by atoms with Gasteiger partial charge in [-0.15, -0.1) is 0 Å². The van der Waals surface area contributed by atoms with E-state index in [1.807, 2.05) is 78.6 Å². The number of fused-ring (bicyclic) bond motifs is 26. The number of para-hydroxylation sites is 5. The molecule has 4 aliphatic rings. The second-order valence-electron chi connectivity index (χ2n) is 37.7. The van der Waals surface area contributed by atoms with E-state index < -0.39 is 0 Å². The van der Waals surface area contributed by atoms with E-state index >= 15 is 0 Å². The highest BCUT2D eigenvalue weighted by Crippen LogP contribution is 2.62. The van der Waals surface area contributed by atoms with Gasteiger partial charge in [0.15, 0.2) is 11.6 Å². The van der Waals surface area contributed by atoms with Crippen LogP contribution in [0.25, 0.3) is 207 Å². The highest BCUT2D eigenvalue weighted by atomic mass is 32.2. The van der Waals surface area contributed by atoms with Crippen LogP contribution in [0.2, 0.25) is 0 Å². The summed E-state index contributed by atoms with van der Waals surface area (Å²) in [5, 5.41) is 8.37. The minimum Gasteiger partial charge on any atom is -0.316 e. The number of benzene rings is 19. The van der Waals surface area contributed by atoms with Gasteiger partial charge in [-0.05, 0) is 181 Å². The van der Waals surface area contributed by atoms with Crippen LogP contribution >= 0.6 is 11.8 Å². The molecule has 0 atom stereocenters. The maximum Gasteiger partial charge on any atom is 0.238 e. The van der Waals surface area contributed by atoms with Crippen LogP contribution in [0.15, 0.2) is 508 Å². The zero-order chi connectivity index (χ0) is 96.2. The molecule has 25 aromatic rings. The first-order valence-electron chi connectivity index (χ1n) is 49.3. The Balaban J connectivity index is 0.000000108. The van der Waals surface area contributed by atoms with Crippen molar-refractivity contribution in [3.05, 3.63) is 526 Å². The molecular formula is C134H90N10S. The molecule has 6 aromatic heterocycles. The maximum absolute atomic E-state index is 5.20. The summed E-state index contributed by atoms with van der Waals surface area (Å²) in [4.78, 5) is 32.9. The van der Waals surface area contributed by atoms with Gasteiger partial charge in [-0.1, -0.05) is 408 Å². The minimum absolute atomic E-state index is 0.238. The topological polar surface area (TPSA) is 85.7 Å². The van der Waals surface area contributed by atoms with Crippen molar-refractivity contribution >= 4 is 129 Å². The van der Waals surface area contributed by atoms with Gasteiger partial charge in [-0.2, -0.15) is 9.97 Å². The SMILES string of the molecule is C1=Cc2c(ccc3c2c2ccccc2n3-c2nc(-c3ccccc3)nc(-c3ccccc3)n2)Sc2c1ccc1ccccc21.CC1(C)C2=C(c3ccccc31)N(c1ccccc1)c1ccccc1-c1c2ccc2ccn(-c3cc(-c4ccccc4)nc(-c4ccccc4)c3)c12.c1ccc(-c2cc(-c3ccccc3)cc(-n3ccc4c5c(c6cccnc6c43)N(c3ccccc3)c3ccccc3-c3ccccc3-5)c2)cc1. The van der Waals surface area contributed by atoms with Crippen LogP contribution in [0.5, 0.6) is 0 Å². The Hall–Kier alpha value is -18.7. The molecule has 145 heavy (non-hydrogen) atoms. The molecular weight excluding hydrogens is 1780 g/mol. The average molecular weight is 1870 g/mol. The predicted octanol–water partition coefficient (Wildman–Crippen LogP) is 35.1. The van der Waals surface area contributed by atoms with E-state index in [2.05, 4.69) is 480 Å². The molecule has 0 spiro atoms. The lowest BCUT2D eigenvalue weighted by molar-refractivity contribution is 0.704. The molecule has 10 nitrogen and oxygen atoms in total. The van der Waals surface area contributed by atoms with Gasteiger partial charge in [0, 0.05) is 134 Å². The molecule has 0 saturated carbocycles. The van der Waals surface area contributed by atoms with Crippen LogP contribution in [0, 0.1) is 0 Å². The smallest absolute Gasteiger partial charge is 0.238 e. The monoisotopic (exact) mass is 1870 g/mol. The Morgan fingerprint density at radius 2 is 0.800 bits per heavy atom. The van der Waals surface area contributed by atoms with Gasteiger partial charge in [-0.25, -0.2) is 9.97 Å². The molecule has 0 saturated heterocycles. The van der Waals surface area contributed by atoms with Crippen LogP contribution in [-0.2, 0) is 5.41 Å². The van der Waals surface area contributed by atoms with E-state index in [0.717, 1.165) is 95.2 Å². The zero-order valence-electron chi connectivity index (χ0n) is 79.4. The van der Waals surface area contributed by atoms with Crippen molar-refractivity contribution in [3.8, 4) is 118 Å². The second kappa shape index (κ2) is 35.6. The van der Waals surface area contributed by atoms with Crippen LogP contribution < -0.4 is 9.80 Å². The first-order chi connectivity index (χ1) is 71.7. The van der Waals surface area contributed by atoms with Crippen LogP contribution in [0.4, 0.5) is 28.4 Å². The Morgan fingerprint density at radius 3 is 1.45 bits per heavy atom. The Labute approximate surface area is 844 Å². The number of hydrogen-bond donors (Lipinski definition) is 0. The zero-order valence-corrected chi connectivity index (χ0v) is 80.2. The summed E-state index contributed by atoms with van der Waals surface area (Å²) in [6.07, 6.45) is 10.9. The first kappa shape index (κ1) is 85.5. The van der Waals surface area contributed by atoms with Crippen molar-refractivity contribution in [3.63, 3.8) is 0 Å². The summed E-state index contributed by atoms with van der Waals surface area (Å²) >= 11 is 1.85. The Kier molecular flexibility index (Phi) is 21.0. The molecule has 3 aliphatic heterocycles. The molecule has 9 heterocycles. The van der Waals surface area contributed by atoms with Crippen LogP contribution in [0.3, 0.4) is 0 Å². The fourth-order valence-electron chi connectivity index (χ4n) is 22.4. The third-order valence-corrected chi connectivity index (χ3v) is 30.2. The third kappa shape index (κ3) is 14.7. The van der Waals surface area contributed by atoms with E-state index in [-0.39, 0.29) is 5.41 Å². The predicted molar refractivity (Wildman–Crippen MR) is 603 cm³/mol. The van der Waals surface area contributed by atoms with Gasteiger partial charge in [-0.3, -0.25) is 9.55 Å². The second-order valence-corrected chi connectivity index (χ2v) is 38.8. The quantitative estimate of drug-likeness (QED) is 0.127. The van der Waals surface area contributed by atoms with Crippen molar-refractivity contribution in [1.29, 1.82) is 0 Å². The summed E-state index contributed by atoms with van der Waals surface area (Å²) < 4.78 is 6.92. The van der Waals surface area contributed by atoms with Crippen molar-refractivity contribution < 1.29 is 0 Å². The van der Waals surface area contributed by atoms with Gasteiger partial charge in [0.2, 0.25) is 5.95 Å². The molecule has 0 unspecified atom stereocenters. The van der Waals surface area contributed by atoms with Gasteiger partial charge in [0.1, 0.15) is 0 Å². The normalized spacial score (nSPS) is 12.8. The van der Waals surface area contributed by atoms with E-state index in [1.54, 1.807) is 0 Å². The van der Waals surface area contributed by atoms with Crippen molar-refractivity contribution in [2.75, 3.05) is 9.80 Å². The summed E-state index contributed by atoms with van der Waals surface area (Å²) in [7, 11) is 0. The minimum atomic E-state index is -0.238. The number of rotatable bonds is 11. The number of nitrogens with zero attached hydrogens (tertiary/aromatic N) is 10. The summed E-state index contributed by atoms with van der Waals surface area (Å²) in [5.74, 6) is 1.89. The van der Waals surface area contributed by atoms with Crippen LogP contribution in [-0.4, -0.2) is 38.6 Å². The Morgan fingerprint density at radius 1 is 0.297 bits per heavy atom. The van der Waals surface area contributed by atoms with E-state index in [1.165, 1.54) is 148 Å². The summed E-state index contributed by atoms with van der Waals surface area (Å²) in [6.45, 7) is 4.78. The molecule has 0 fully saturated rings. The third-order valence-electron chi connectivity index (χ3n) is 29.0. The largest absolute Gasteiger partial charge is 0.316 e. The van der Waals surface area contributed by atoms with Crippen molar-refractivity contribution in [1.82, 2.24) is 38.6 Å². The molecule has 0 radical (unpaired) electrons. The fourth-order valence-corrected chi connectivity index (χ4v) is 23.6. The molecule has 0 amide bonds. The summed E-state index contributed by atoms with van der Waals surface area (Å²) in [6, 6.07) is 171. The highest BCUT2D eigenvalue weighted by molar-refractivity contribution is 7.99. The average Bonchev–Trinajstić information content (AvgIpc) is 1.53. The molecule has 682 valence electrons. The number of aromatic nitrogens is 8. The van der Waals surface area contributed by atoms with Gasteiger partial charge in [0.05, 0.1) is 61.7 Å². The van der Waals surface area contributed by atoms with Gasteiger partial charge >= 0.3 is 0 Å². The van der Waals surface area contributed by atoms with E-state index in [0.29, 0.717) is 17.6 Å². The number of hydrogen-bond acceptors (Lipinski definition) is 8. The molecule has 0 N–H and O–H groups in total. The molecule has 0 bridgehead atoms. The van der Waals surface area contributed by atoms with Crippen molar-refractivity contribution in [2.24, 2.45) is 0 Å². The maximum atomic E-state index is 5.20. The molecule has 29 rings (SSSR count). The van der Waals surface area contributed by atoms with Gasteiger partial charge < -0.3 is 18.9 Å².